The fraction of sp³-hybridized carbons (Fsp3) is 0.412. The Hall–Kier alpha value is -2.21. The zero-order valence-corrected chi connectivity index (χ0v) is 12.7. The Kier molecular flexibility index (Phi) is 3.61. The van der Waals surface area contributed by atoms with Gasteiger partial charge < -0.3 is 9.64 Å². The van der Waals surface area contributed by atoms with Crippen LogP contribution in [0.3, 0.4) is 0 Å². The van der Waals surface area contributed by atoms with Crippen LogP contribution in [0.15, 0.2) is 24.3 Å². The third-order valence-electron chi connectivity index (χ3n) is 4.62. The van der Waals surface area contributed by atoms with Gasteiger partial charge in [-0.1, -0.05) is 12.1 Å². The minimum Gasteiger partial charge on any atom is -0.381 e. The summed E-state index contributed by atoms with van der Waals surface area (Å²) in [7, 11) is 0. The van der Waals surface area contributed by atoms with Gasteiger partial charge in [0, 0.05) is 42.9 Å². The molecule has 0 aliphatic carbocycles. The molecule has 1 amide bonds. The SMILES string of the molecule is O=C([C@H]1CCOC1)N1CCc2[nH]nc(-c3cccc(F)c3)c2C1. The van der Waals surface area contributed by atoms with E-state index in [0.717, 1.165) is 35.4 Å². The standard InChI is InChI=1S/C17H18FN3O2/c18-13-3-1-2-11(8-13)16-14-9-21(6-4-15(14)19-20-16)17(22)12-5-7-23-10-12/h1-3,8,12H,4-7,9-10H2,(H,19,20)/t12-/m0/s1. The zero-order chi connectivity index (χ0) is 15.8. The number of halogens is 1. The predicted octanol–water partition coefficient (Wildman–Crippen LogP) is 2.14. The molecule has 1 saturated heterocycles. The third kappa shape index (κ3) is 2.63. The van der Waals surface area contributed by atoms with Gasteiger partial charge >= 0.3 is 0 Å². The molecular weight excluding hydrogens is 297 g/mol. The van der Waals surface area contributed by atoms with Crippen molar-refractivity contribution in [1.82, 2.24) is 15.1 Å². The molecule has 2 aliphatic rings. The lowest BCUT2D eigenvalue weighted by atomic mass is 9.99. The molecule has 6 heteroatoms. The Morgan fingerprint density at radius 3 is 3.13 bits per heavy atom. The van der Waals surface area contributed by atoms with Crippen molar-refractivity contribution in [1.29, 1.82) is 0 Å². The lowest BCUT2D eigenvalue weighted by Crippen LogP contribution is -2.40. The molecule has 0 radical (unpaired) electrons. The summed E-state index contributed by atoms with van der Waals surface area (Å²) in [4.78, 5) is 14.5. The summed E-state index contributed by atoms with van der Waals surface area (Å²) < 4.78 is 18.8. The van der Waals surface area contributed by atoms with E-state index >= 15 is 0 Å². The number of H-pyrrole nitrogens is 1. The van der Waals surface area contributed by atoms with E-state index in [-0.39, 0.29) is 17.6 Å². The number of benzene rings is 1. The van der Waals surface area contributed by atoms with Gasteiger partial charge in [-0.15, -0.1) is 0 Å². The van der Waals surface area contributed by atoms with Gasteiger partial charge in [0.05, 0.1) is 18.2 Å². The second kappa shape index (κ2) is 5.77. The molecule has 1 aromatic carbocycles. The van der Waals surface area contributed by atoms with Gasteiger partial charge in [0.25, 0.3) is 0 Å². The number of amides is 1. The van der Waals surface area contributed by atoms with Crippen LogP contribution in [0.1, 0.15) is 17.7 Å². The summed E-state index contributed by atoms with van der Waals surface area (Å²) in [5, 5.41) is 7.38. The maximum Gasteiger partial charge on any atom is 0.228 e. The second-order valence-electron chi connectivity index (χ2n) is 6.11. The van der Waals surface area contributed by atoms with E-state index < -0.39 is 0 Å². The normalized spacial score (nSPS) is 20.6. The number of fused-ring (bicyclic) bond motifs is 1. The molecule has 1 N–H and O–H groups in total. The maximum atomic E-state index is 13.5. The number of carbonyl (C=O) groups is 1. The zero-order valence-electron chi connectivity index (χ0n) is 12.7. The number of hydrogen-bond donors (Lipinski definition) is 1. The molecule has 23 heavy (non-hydrogen) atoms. The highest BCUT2D eigenvalue weighted by atomic mass is 19.1. The van der Waals surface area contributed by atoms with E-state index in [1.54, 1.807) is 6.07 Å². The van der Waals surface area contributed by atoms with Crippen LogP contribution in [0.2, 0.25) is 0 Å². The highest BCUT2D eigenvalue weighted by Gasteiger charge is 2.31. The molecule has 0 spiro atoms. The summed E-state index contributed by atoms with van der Waals surface area (Å²) in [6, 6.07) is 6.40. The minimum atomic E-state index is -0.286. The maximum absolute atomic E-state index is 13.5. The van der Waals surface area contributed by atoms with Crippen molar-refractivity contribution in [3.05, 3.63) is 41.3 Å². The first kappa shape index (κ1) is 14.4. The van der Waals surface area contributed by atoms with Crippen molar-refractivity contribution in [3.8, 4) is 11.3 Å². The predicted molar refractivity (Wildman–Crippen MR) is 82.0 cm³/mol. The van der Waals surface area contributed by atoms with Crippen LogP contribution in [0, 0.1) is 11.7 Å². The lowest BCUT2D eigenvalue weighted by molar-refractivity contribution is -0.136. The molecule has 0 unspecified atom stereocenters. The monoisotopic (exact) mass is 315 g/mol. The van der Waals surface area contributed by atoms with Gasteiger partial charge in [0.2, 0.25) is 5.91 Å². The molecule has 120 valence electrons. The van der Waals surface area contributed by atoms with Gasteiger partial charge in [-0.25, -0.2) is 4.39 Å². The second-order valence-corrected chi connectivity index (χ2v) is 6.11. The summed E-state index contributed by atoms with van der Waals surface area (Å²) in [6.45, 7) is 2.39. The van der Waals surface area contributed by atoms with Gasteiger partial charge in [-0.05, 0) is 18.6 Å². The van der Waals surface area contributed by atoms with Crippen molar-refractivity contribution in [2.24, 2.45) is 5.92 Å². The quantitative estimate of drug-likeness (QED) is 0.924. The Labute approximate surface area is 133 Å². The lowest BCUT2D eigenvalue weighted by Gasteiger charge is -2.29. The van der Waals surface area contributed by atoms with E-state index in [0.29, 0.717) is 26.3 Å². The van der Waals surface area contributed by atoms with Crippen LogP contribution >= 0.6 is 0 Å². The molecule has 0 bridgehead atoms. The first-order valence-corrected chi connectivity index (χ1v) is 7.91. The van der Waals surface area contributed by atoms with E-state index in [4.69, 9.17) is 4.74 Å². The van der Waals surface area contributed by atoms with E-state index in [1.807, 2.05) is 11.0 Å². The Morgan fingerprint density at radius 2 is 2.35 bits per heavy atom. The minimum absolute atomic E-state index is 0.0268. The molecule has 1 aromatic heterocycles. The van der Waals surface area contributed by atoms with Crippen molar-refractivity contribution < 1.29 is 13.9 Å². The molecule has 3 heterocycles. The first-order chi connectivity index (χ1) is 11.2. The molecule has 2 aromatic rings. The number of hydrogen-bond acceptors (Lipinski definition) is 3. The van der Waals surface area contributed by atoms with Crippen LogP contribution in [-0.4, -0.2) is 40.8 Å². The Bertz CT molecular complexity index is 737. The van der Waals surface area contributed by atoms with Crippen molar-refractivity contribution in [2.45, 2.75) is 19.4 Å². The van der Waals surface area contributed by atoms with Gasteiger partial charge in [-0.3, -0.25) is 9.89 Å². The fourth-order valence-corrected chi connectivity index (χ4v) is 3.35. The summed E-state index contributed by atoms with van der Waals surface area (Å²) >= 11 is 0. The van der Waals surface area contributed by atoms with Gasteiger partial charge in [-0.2, -0.15) is 5.10 Å². The average Bonchev–Trinajstić information content (AvgIpc) is 3.23. The molecular formula is C17H18FN3O2. The van der Waals surface area contributed by atoms with Crippen molar-refractivity contribution in [2.75, 3.05) is 19.8 Å². The average molecular weight is 315 g/mol. The van der Waals surface area contributed by atoms with E-state index in [1.165, 1.54) is 12.1 Å². The number of nitrogens with zero attached hydrogens (tertiary/aromatic N) is 2. The van der Waals surface area contributed by atoms with Gasteiger partial charge in [0.1, 0.15) is 5.82 Å². The number of rotatable bonds is 2. The third-order valence-corrected chi connectivity index (χ3v) is 4.62. The van der Waals surface area contributed by atoms with Crippen molar-refractivity contribution >= 4 is 5.91 Å². The molecule has 2 aliphatic heterocycles. The molecule has 4 rings (SSSR count). The van der Waals surface area contributed by atoms with Crippen LogP contribution in [-0.2, 0) is 22.5 Å². The van der Waals surface area contributed by atoms with E-state index in [2.05, 4.69) is 10.2 Å². The van der Waals surface area contributed by atoms with Crippen molar-refractivity contribution in [3.63, 3.8) is 0 Å². The molecule has 1 atom stereocenters. The number of carbonyl (C=O) groups excluding carboxylic acids is 1. The molecule has 0 saturated carbocycles. The number of ether oxygens (including phenoxy) is 1. The summed E-state index contributed by atoms with van der Waals surface area (Å²) in [5.41, 5.74) is 3.51. The van der Waals surface area contributed by atoms with E-state index in [9.17, 15) is 9.18 Å². The van der Waals surface area contributed by atoms with Crippen LogP contribution < -0.4 is 0 Å². The number of nitrogens with one attached hydrogen (secondary N) is 1. The topological polar surface area (TPSA) is 58.2 Å². The molecule has 5 nitrogen and oxygen atoms in total. The smallest absolute Gasteiger partial charge is 0.228 e. The first-order valence-electron chi connectivity index (χ1n) is 7.91. The van der Waals surface area contributed by atoms with Crippen LogP contribution in [0.4, 0.5) is 4.39 Å². The largest absolute Gasteiger partial charge is 0.381 e. The Balaban J connectivity index is 1.61. The highest BCUT2D eigenvalue weighted by Crippen LogP contribution is 2.30. The number of aromatic nitrogens is 2. The van der Waals surface area contributed by atoms with Gasteiger partial charge in [0.15, 0.2) is 0 Å². The molecule has 1 fully saturated rings. The summed E-state index contributed by atoms with van der Waals surface area (Å²) in [5.74, 6) is -0.160. The van der Waals surface area contributed by atoms with Crippen LogP contribution in [0.5, 0.6) is 0 Å². The highest BCUT2D eigenvalue weighted by molar-refractivity contribution is 5.80. The fourth-order valence-electron chi connectivity index (χ4n) is 3.35. The summed E-state index contributed by atoms with van der Waals surface area (Å²) in [6.07, 6.45) is 1.54. The Morgan fingerprint density at radius 1 is 1.43 bits per heavy atom. The number of aromatic amines is 1. The van der Waals surface area contributed by atoms with Crippen LogP contribution in [0.25, 0.3) is 11.3 Å².